The molecule has 3 heterocycles. The molecule has 3 rings (SSSR count). The van der Waals surface area contributed by atoms with E-state index >= 15 is 0 Å². The zero-order valence-electron chi connectivity index (χ0n) is 14.3. The van der Waals surface area contributed by atoms with Crippen LogP contribution in [0.1, 0.15) is 50.3 Å². The molecule has 134 valence electrons. The highest BCUT2D eigenvalue weighted by molar-refractivity contribution is 5.97. The van der Waals surface area contributed by atoms with Crippen LogP contribution in [0.5, 0.6) is 0 Å². The summed E-state index contributed by atoms with van der Waals surface area (Å²) >= 11 is 0. The highest BCUT2D eigenvalue weighted by Crippen LogP contribution is 2.21. The number of likely N-dealkylation sites (tertiary alicyclic amines) is 1. The van der Waals surface area contributed by atoms with Crippen molar-refractivity contribution in [1.29, 1.82) is 0 Å². The lowest BCUT2D eigenvalue weighted by Gasteiger charge is -2.31. The molecule has 2 fully saturated rings. The fourth-order valence-electron chi connectivity index (χ4n) is 3.35. The molecule has 0 aliphatic carbocycles. The Bertz CT molecular complexity index is 608. The maximum Gasteiger partial charge on any atom is 0.324 e. The standard InChI is InChI=1S/C18H24N4O3/c23-16(21-10-5-1-2-6-11-21)8-12-22-17(24)13-15(20-18(22)25)14-7-3-4-9-19-14/h3-4,7,9,15H,1-2,5-6,8,10-13H2,(H,20,25). The van der Waals surface area contributed by atoms with Crippen molar-refractivity contribution in [1.82, 2.24) is 20.1 Å². The first kappa shape index (κ1) is 17.4. The predicted molar refractivity (Wildman–Crippen MR) is 91.5 cm³/mol. The van der Waals surface area contributed by atoms with Gasteiger partial charge in [-0.25, -0.2) is 4.79 Å². The molecule has 2 aliphatic rings. The number of amides is 4. The number of pyridine rings is 1. The smallest absolute Gasteiger partial charge is 0.324 e. The summed E-state index contributed by atoms with van der Waals surface area (Å²) in [5.74, 6) is -0.239. The lowest BCUT2D eigenvalue weighted by Crippen LogP contribution is -2.52. The molecule has 2 aliphatic heterocycles. The fourth-order valence-corrected chi connectivity index (χ4v) is 3.35. The largest absolute Gasteiger partial charge is 0.343 e. The van der Waals surface area contributed by atoms with Crippen molar-refractivity contribution in [2.75, 3.05) is 19.6 Å². The molecule has 0 radical (unpaired) electrons. The highest BCUT2D eigenvalue weighted by Gasteiger charge is 2.33. The maximum absolute atomic E-state index is 12.3. The third kappa shape index (κ3) is 4.35. The van der Waals surface area contributed by atoms with Crippen molar-refractivity contribution in [2.24, 2.45) is 0 Å². The number of hydrogen-bond donors (Lipinski definition) is 1. The second-order valence-electron chi connectivity index (χ2n) is 6.55. The Hall–Kier alpha value is -2.44. The van der Waals surface area contributed by atoms with Crippen LogP contribution >= 0.6 is 0 Å². The molecule has 1 atom stereocenters. The van der Waals surface area contributed by atoms with E-state index in [4.69, 9.17) is 0 Å². The average molecular weight is 344 g/mol. The van der Waals surface area contributed by atoms with Crippen LogP contribution in [0, 0.1) is 0 Å². The summed E-state index contributed by atoms with van der Waals surface area (Å²) < 4.78 is 0. The van der Waals surface area contributed by atoms with Gasteiger partial charge in [-0.2, -0.15) is 0 Å². The fraction of sp³-hybridized carbons (Fsp3) is 0.556. The van der Waals surface area contributed by atoms with Crippen molar-refractivity contribution < 1.29 is 14.4 Å². The third-order valence-corrected chi connectivity index (χ3v) is 4.78. The van der Waals surface area contributed by atoms with E-state index in [1.807, 2.05) is 11.0 Å². The van der Waals surface area contributed by atoms with E-state index in [-0.39, 0.29) is 31.2 Å². The number of imide groups is 1. The molecule has 1 aromatic rings. The first-order valence-corrected chi connectivity index (χ1v) is 8.95. The molecule has 0 bridgehead atoms. The van der Waals surface area contributed by atoms with Gasteiger partial charge in [-0.3, -0.25) is 19.5 Å². The molecule has 25 heavy (non-hydrogen) atoms. The Morgan fingerprint density at radius 1 is 1.16 bits per heavy atom. The summed E-state index contributed by atoms with van der Waals surface area (Å²) in [4.78, 5) is 44.2. The molecular formula is C18H24N4O3. The van der Waals surface area contributed by atoms with Gasteiger partial charge in [-0.05, 0) is 25.0 Å². The minimum Gasteiger partial charge on any atom is -0.343 e. The van der Waals surface area contributed by atoms with Crippen molar-refractivity contribution >= 4 is 17.8 Å². The monoisotopic (exact) mass is 344 g/mol. The van der Waals surface area contributed by atoms with E-state index in [1.165, 1.54) is 0 Å². The van der Waals surface area contributed by atoms with Gasteiger partial charge in [0.1, 0.15) is 0 Å². The molecule has 0 spiro atoms. The van der Waals surface area contributed by atoms with Crippen molar-refractivity contribution in [3.05, 3.63) is 30.1 Å². The van der Waals surface area contributed by atoms with Crippen molar-refractivity contribution in [3.8, 4) is 0 Å². The van der Waals surface area contributed by atoms with E-state index in [0.29, 0.717) is 5.69 Å². The molecule has 1 aromatic heterocycles. The molecule has 4 amide bonds. The highest BCUT2D eigenvalue weighted by atomic mass is 16.2. The Balaban J connectivity index is 1.54. The van der Waals surface area contributed by atoms with Crippen LogP contribution in [0.2, 0.25) is 0 Å². The first-order chi connectivity index (χ1) is 12.1. The minimum atomic E-state index is -0.449. The summed E-state index contributed by atoms with van der Waals surface area (Å²) in [5.41, 5.74) is 0.671. The first-order valence-electron chi connectivity index (χ1n) is 8.95. The molecule has 0 aromatic carbocycles. The van der Waals surface area contributed by atoms with E-state index in [9.17, 15) is 14.4 Å². The molecule has 1 N–H and O–H groups in total. The van der Waals surface area contributed by atoms with Crippen LogP contribution in [-0.2, 0) is 9.59 Å². The quantitative estimate of drug-likeness (QED) is 0.904. The summed E-state index contributed by atoms with van der Waals surface area (Å²) in [7, 11) is 0. The summed E-state index contributed by atoms with van der Waals surface area (Å²) in [6.07, 6.45) is 6.37. The predicted octanol–water partition coefficient (Wildman–Crippen LogP) is 1.86. The summed E-state index contributed by atoms with van der Waals surface area (Å²) in [6.45, 7) is 1.69. The van der Waals surface area contributed by atoms with E-state index in [2.05, 4.69) is 10.3 Å². The topological polar surface area (TPSA) is 82.6 Å². The van der Waals surface area contributed by atoms with Gasteiger partial charge in [0.05, 0.1) is 18.2 Å². The van der Waals surface area contributed by atoms with Gasteiger partial charge in [0, 0.05) is 32.3 Å². The third-order valence-electron chi connectivity index (χ3n) is 4.78. The van der Waals surface area contributed by atoms with Gasteiger partial charge in [-0.15, -0.1) is 0 Å². The van der Waals surface area contributed by atoms with Gasteiger partial charge in [0.2, 0.25) is 11.8 Å². The van der Waals surface area contributed by atoms with Crippen LogP contribution in [0.25, 0.3) is 0 Å². The summed E-state index contributed by atoms with van der Waals surface area (Å²) in [6, 6.07) is 4.55. The van der Waals surface area contributed by atoms with Crippen LogP contribution < -0.4 is 5.32 Å². The second-order valence-corrected chi connectivity index (χ2v) is 6.55. The zero-order chi connectivity index (χ0) is 17.6. The van der Waals surface area contributed by atoms with Crippen LogP contribution in [0.15, 0.2) is 24.4 Å². The molecule has 7 heteroatoms. The second kappa shape index (κ2) is 8.09. The van der Waals surface area contributed by atoms with Crippen molar-refractivity contribution in [3.63, 3.8) is 0 Å². The lowest BCUT2D eigenvalue weighted by molar-refractivity contribution is -0.133. The molecule has 0 saturated carbocycles. The van der Waals surface area contributed by atoms with E-state index in [0.717, 1.165) is 43.7 Å². The van der Waals surface area contributed by atoms with Gasteiger partial charge < -0.3 is 10.2 Å². The Kier molecular flexibility index (Phi) is 5.63. The molecule has 2 saturated heterocycles. The van der Waals surface area contributed by atoms with Gasteiger partial charge in [0.15, 0.2) is 0 Å². The molecular weight excluding hydrogens is 320 g/mol. The number of nitrogens with one attached hydrogen (secondary N) is 1. The Labute approximate surface area is 147 Å². The van der Waals surface area contributed by atoms with E-state index in [1.54, 1.807) is 18.3 Å². The number of carbonyl (C=O) groups excluding carboxylic acids is 3. The number of urea groups is 1. The number of aromatic nitrogens is 1. The number of carbonyl (C=O) groups is 3. The summed E-state index contributed by atoms with van der Waals surface area (Å²) in [5, 5.41) is 2.81. The van der Waals surface area contributed by atoms with Gasteiger partial charge in [-0.1, -0.05) is 18.9 Å². The van der Waals surface area contributed by atoms with Crippen LogP contribution in [-0.4, -0.2) is 52.3 Å². The number of nitrogens with zero attached hydrogens (tertiary/aromatic N) is 3. The Morgan fingerprint density at radius 2 is 1.92 bits per heavy atom. The lowest BCUT2D eigenvalue weighted by atomic mass is 10.1. The molecule has 7 nitrogen and oxygen atoms in total. The average Bonchev–Trinajstić information content (AvgIpc) is 2.91. The van der Waals surface area contributed by atoms with Crippen molar-refractivity contribution in [2.45, 2.75) is 44.6 Å². The minimum absolute atomic E-state index is 0.0225. The Morgan fingerprint density at radius 3 is 2.56 bits per heavy atom. The SMILES string of the molecule is O=C(CCN1C(=O)CC(c2ccccn2)NC1=O)N1CCCCCC1. The normalized spacial score (nSPS) is 21.7. The van der Waals surface area contributed by atoms with Gasteiger partial charge in [0.25, 0.3) is 0 Å². The number of hydrogen-bond acceptors (Lipinski definition) is 4. The zero-order valence-corrected chi connectivity index (χ0v) is 14.3. The number of rotatable bonds is 4. The van der Waals surface area contributed by atoms with Crippen LogP contribution in [0.3, 0.4) is 0 Å². The van der Waals surface area contributed by atoms with Gasteiger partial charge >= 0.3 is 6.03 Å². The van der Waals surface area contributed by atoms with E-state index < -0.39 is 12.1 Å². The molecule has 1 unspecified atom stereocenters. The van der Waals surface area contributed by atoms with Crippen LogP contribution in [0.4, 0.5) is 4.79 Å². The maximum atomic E-state index is 12.3.